The zero-order valence-corrected chi connectivity index (χ0v) is 18.2. The molecule has 0 atom stereocenters. The molecule has 1 amide bonds. The number of nitrogens with one attached hydrogen (secondary N) is 1. The summed E-state index contributed by atoms with van der Waals surface area (Å²) in [6.07, 6.45) is 3.44. The fourth-order valence-corrected chi connectivity index (χ4v) is 4.54. The maximum absolute atomic E-state index is 12.6. The van der Waals surface area contributed by atoms with Gasteiger partial charge in [0, 0.05) is 35.1 Å². The molecule has 0 aliphatic rings. The van der Waals surface area contributed by atoms with Crippen LogP contribution in [0.5, 0.6) is 11.5 Å². The number of halogens is 1. The number of aromatic nitrogens is 2. The molecule has 0 spiro atoms. The molecule has 30 heavy (non-hydrogen) atoms. The minimum absolute atomic E-state index is 0.302. The van der Waals surface area contributed by atoms with Crippen LogP contribution in [0.1, 0.15) is 16.1 Å². The molecule has 3 aromatic heterocycles. The molecule has 0 saturated heterocycles. The second kappa shape index (κ2) is 9.25. The van der Waals surface area contributed by atoms with E-state index in [1.807, 2.05) is 24.3 Å². The van der Waals surface area contributed by atoms with Crippen LogP contribution in [0.25, 0.3) is 9.88 Å². The van der Waals surface area contributed by atoms with Crippen LogP contribution in [0.2, 0.25) is 4.34 Å². The minimum Gasteiger partial charge on any atom is -0.493 e. The summed E-state index contributed by atoms with van der Waals surface area (Å²) in [5.41, 5.74) is 1.85. The van der Waals surface area contributed by atoms with Crippen molar-refractivity contribution in [2.45, 2.75) is 6.61 Å². The van der Waals surface area contributed by atoms with Crippen LogP contribution in [0.3, 0.4) is 0 Å². The molecule has 0 saturated carbocycles. The van der Waals surface area contributed by atoms with Crippen molar-refractivity contribution in [2.75, 3.05) is 12.4 Å². The van der Waals surface area contributed by atoms with E-state index < -0.39 is 0 Å². The number of rotatable bonds is 7. The Labute approximate surface area is 186 Å². The van der Waals surface area contributed by atoms with E-state index in [1.54, 1.807) is 43.1 Å². The number of amides is 1. The first-order chi connectivity index (χ1) is 14.6. The van der Waals surface area contributed by atoms with Crippen molar-refractivity contribution in [2.24, 2.45) is 0 Å². The Hall–Kier alpha value is -2.94. The number of nitrogens with zero attached hydrogens (tertiary/aromatic N) is 2. The lowest BCUT2D eigenvalue weighted by atomic mass is 10.2. The minimum atomic E-state index is -0.302. The Morgan fingerprint density at radius 2 is 2.10 bits per heavy atom. The quantitative estimate of drug-likeness (QED) is 0.382. The molecule has 4 rings (SSSR count). The van der Waals surface area contributed by atoms with Gasteiger partial charge in [0.1, 0.15) is 17.3 Å². The number of hydrogen-bond donors (Lipinski definition) is 1. The molecular formula is C21H16ClN3O3S2. The van der Waals surface area contributed by atoms with Crippen LogP contribution in [0.15, 0.2) is 60.2 Å². The van der Waals surface area contributed by atoms with E-state index in [2.05, 4.69) is 15.3 Å². The van der Waals surface area contributed by atoms with E-state index in [4.69, 9.17) is 21.1 Å². The molecule has 1 aromatic carbocycles. The first-order valence-corrected chi connectivity index (χ1v) is 10.9. The number of hydrogen-bond acceptors (Lipinski definition) is 7. The third kappa shape index (κ3) is 4.79. The van der Waals surface area contributed by atoms with E-state index in [0.29, 0.717) is 33.8 Å². The fourth-order valence-electron chi connectivity index (χ4n) is 2.63. The number of benzene rings is 1. The normalized spacial score (nSPS) is 10.6. The van der Waals surface area contributed by atoms with Gasteiger partial charge in [-0.1, -0.05) is 17.7 Å². The summed E-state index contributed by atoms with van der Waals surface area (Å²) in [7, 11) is 1.57. The highest BCUT2D eigenvalue weighted by Gasteiger charge is 2.15. The first kappa shape index (κ1) is 20.3. The van der Waals surface area contributed by atoms with Crippen LogP contribution in [-0.4, -0.2) is 23.0 Å². The monoisotopic (exact) mass is 457 g/mol. The Kier molecular flexibility index (Phi) is 6.27. The predicted octanol–water partition coefficient (Wildman–Crippen LogP) is 5.76. The second-order valence-electron chi connectivity index (χ2n) is 6.11. The summed E-state index contributed by atoms with van der Waals surface area (Å²) in [5.74, 6) is 0.789. The molecular weight excluding hydrogens is 442 g/mol. The highest BCUT2D eigenvalue weighted by atomic mass is 35.5. The van der Waals surface area contributed by atoms with Gasteiger partial charge in [0.2, 0.25) is 0 Å². The van der Waals surface area contributed by atoms with Crippen molar-refractivity contribution in [3.05, 3.63) is 75.8 Å². The zero-order valence-electron chi connectivity index (χ0n) is 15.8. The molecule has 3 heterocycles. The number of carbonyl (C=O) groups excluding carboxylic acids is 1. The number of anilines is 1. The number of ether oxygens (including phenoxy) is 2. The van der Waals surface area contributed by atoms with E-state index in [1.165, 1.54) is 22.7 Å². The summed E-state index contributed by atoms with van der Waals surface area (Å²) in [5, 5.41) is 5.33. The van der Waals surface area contributed by atoms with Crippen molar-refractivity contribution < 1.29 is 14.3 Å². The molecule has 0 radical (unpaired) electrons. The maximum atomic E-state index is 12.6. The number of carbonyl (C=O) groups is 1. The van der Waals surface area contributed by atoms with Crippen LogP contribution in [-0.2, 0) is 6.61 Å². The lowest BCUT2D eigenvalue weighted by Gasteiger charge is -2.12. The average Bonchev–Trinajstić information content (AvgIpc) is 3.42. The van der Waals surface area contributed by atoms with Gasteiger partial charge < -0.3 is 14.8 Å². The molecule has 0 aliphatic heterocycles. The van der Waals surface area contributed by atoms with Gasteiger partial charge in [-0.2, -0.15) is 0 Å². The third-order valence-corrected chi connectivity index (χ3v) is 6.30. The summed E-state index contributed by atoms with van der Waals surface area (Å²) >= 11 is 8.81. The van der Waals surface area contributed by atoms with Gasteiger partial charge >= 0.3 is 0 Å². The van der Waals surface area contributed by atoms with Crippen molar-refractivity contribution in [1.82, 2.24) is 9.97 Å². The summed E-state index contributed by atoms with van der Waals surface area (Å²) < 4.78 is 11.9. The van der Waals surface area contributed by atoms with Gasteiger partial charge in [-0.3, -0.25) is 9.78 Å². The lowest BCUT2D eigenvalue weighted by Crippen LogP contribution is -2.12. The molecule has 0 aliphatic carbocycles. The van der Waals surface area contributed by atoms with Gasteiger partial charge in [0.15, 0.2) is 11.5 Å². The Balaban J connectivity index is 1.47. The molecule has 152 valence electrons. The predicted molar refractivity (Wildman–Crippen MR) is 120 cm³/mol. The van der Waals surface area contributed by atoms with Crippen LogP contribution in [0, 0.1) is 0 Å². The molecule has 1 N–H and O–H groups in total. The standard InChI is InChI=1S/C21H16ClN3O3S2/c1-27-16-5-4-14(9-17(16)28-11-13-3-2-8-23-10-13)24-20(26)15-12-29-21(25-15)18-6-7-19(22)30-18/h2-10,12H,11H2,1H3,(H,24,26). The maximum Gasteiger partial charge on any atom is 0.275 e. The smallest absolute Gasteiger partial charge is 0.275 e. The molecule has 6 nitrogen and oxygen atoms in total. The van der Waals surface area contributed by atoms with Crippen LogP contribution < -0.4 is 14.8 Å². The van der Waals surface area contributed by atoms with E-state index in [9.17, 15) is 4.79 Å². The van der Waals surface area contributed by atoms with Crippen LogP contribution >= 0.6 is 34.3 Å². The van der Waals surface area contributed by atoms with Crippen molar-refractivity contribution >= 4 is 45.9 Å². The van der Waals surface area contributed by atoms with E-state index in [0.717, 1.165) is 15.4 Å². The topological polar surface area (TPSA) is 73.3 Å². The van der Waals surface area contributed by atoms with Crippen molar-refractivity contribution in [3.8, 4) is 21.4 Å². The van der Waals surface area contributed by atoms with Crippen molar-refractivity contribution in [3.63, 3.8) is 0 Å². The number of thiophene rings is 1. The van der Waals surface area contributed by atoms with Gasteiger partial charge in [-0.15, -0.1) is 22.7 Å². The van der Waals surface area contributed by atoms with E-state index in [-0.39, 0.29) is 5.91 Å². The van der Waals surface area contributed by atoms with Gasteiger partial charge in [-0.05, 0) is 30.3 Å². The highest BCUT2D eigenvalue weighted by Crippen LogP contribution is 2.34. The fraction of sp³-hybridized carbons (Fsp3) is 0.0952. The third-order valence-electron chi connectivity index (χ3n) is 4.06. The first-order valence-electron chi connectivity index (χ1n) is 8.84. The number of methoxy groups -OCH3 is 1. The summed E-state index contributed by atoms with van der Waals surface area (Å²) in [4.78, 5) is 22.1. The van der Waals surface area contributed by atoms with Gasteiger partial charge in [0.05, 0.1) is 16.3 Å². The number of thiazole rings is 1. The number of pyridine rings is 1. The second-order valence-corrected chi connectivity index (χ2v) is 8.68. The Bertz CT molecular complexity index is 1160. The summed E-state index contributed by atoms with van der Waals surface area (Å²) in [6, 6.07) is 12.7. The van der Waals surface area contributed by atoms with Gasteiger partial charge in [0.25, 0.3) is 5.91 Å². The van der Waals surface area contributed by atoms with Crippen molar-refractivity contribution in [1.29, 1.82) is 0 Å². The average molecular weight is 458 g/mol. The van der Waals surface area contributed by atoms with Crippen LogP contribution in [0.4, 0.5) is 5.69 Å². The Morgan fingerprint density at radius 1 is 1.20 bits per heavy atom. The van der Waals surface area contributed by atoms with E-state index >= 15 is 0 Å². The zero-order chi connectivity index (χ0) is 20.9. The SMILES string of the molecule is COc1ccc(NC(=O)c2csc(-c3ccc(Cl)s3)n2)cc1OCc1cccnc1. The molecule has 0 bridgehead atoms. The highest BCUT2D eigenvalue weighted by molar-refractivity contribution is 7.23. The van der Waals surface area contributed by atoms with Gasteiger partial charge in [-0.25, -0.2) is 4.98 Å². The largest absolute Gasteiger partial charge is 0.493 e. The molecule has 4 aromatic rings. The summed E-state index contributed by atoms with van der Waals surface area (Å²) in [6.45, 7) is 0.334. The molecule has 0 unspecified atom stereocenters. The molecule has 9 heteroatoms. The lowest BCUT2D eigenvalue weighted by molar-refractivity contribution is 0.102. The Morgan fingerprint density at radius 3 is 2.83 bits per heavy atom. The molecule has 0 fully saturated rings.